The largest absolute Gasteiger partial charge is 0.368 e. The van der Waals surface area contributed by atoms with Gasteiger partial charge in [-0.15, -0.1) is 0 Å². The van der Waals surface area contributed by atoms with E-state index >= 15 is 0 Å². The Morgan fingerprint density at radius 1 is 0.575 bits per heavy atom. The van der Waals surface area contributed by atoms with E-state index < -0.39 is 41.8 Å². The Morgan fingerprint density at radius 2 is 0.975 bits per heavy atom. The highest BCUT2D eigenvalue weighted by molar-refractivity contribution is 7.80. The first-order chi connectivity index (χ1) is 19.7. The Kier molecular flexibility index (Phi) is 10.3. The van der Waals surface area contributed by atoms with Gasteiger partial charge < -0.3 is 18.9 Å². The van der Waals surface area contributed by atoms with Crippen LogP contribution in [0.25, 0.3) is 0 Å². The first-order valence-corrected chi connectivity index (χ1v) is 14.5. The molecule has 0 bridgehead atoms. The molecule has 208 valence electrons. The van der Waals surface area contributed by atoms with E-state index in [0.29, 0.717) is 24.7 Å². The maximum Gasteiger partial charge on any atom is 0.202 e. The summed E-state index contributed by atoms with van der Waals surface area (Å²) in [6.45, 7) is 2.96. The molecule has 0 spiro atoms. The van der Waals surface area contributed by atoms with Gasteiger partial charge in [0.05, 0.1) is 30.8 Å². The van der Waals surface area contributed by atoms with E-state index in [4.69, 9.17) is 23.1 Å². The second-order valence-electron chi connectivity index (χ2n) is 9.64. The standard InChI is InChI=1S/C33H34O6S/c1-25-30(35-22-26-14-6-2-7-15-26)31(36-23-27-16-8-3-9-17-27)32(37-24-28-18-10-4-11-19-28)33(38-25)39-40(34)29-20-12-5-13-21-29/h2-21,25,30-33H,22-24H2,1H3/t25-,30+,31+,32-,33-,40?/m0/s1. The normalized spacial score (nSPS) is 23.5. The molecule has 1 fully saturated rings. The highest BCUT2D eigenvalue weighted by Gasteiger charge is 2.48. The van der Waals surface area contributed by atoms with Crippen molar-refractivity contribution in [2.75, 3.05) is 0 Å². The van der Waals surface area contributed by atoms with E-state index in [1.165, 1.54) is 0 Å². The van der Waals surface area contributed by atoms with Crippen LogP contribution in [0.3, 0.4) is 0 Å². The zero-order chi connectivity index (χ0) is 27.6. The molecule has 4 aromatic carbocycles. The van der Waals surface area contributed by atoms with Crippen molar-refractivity contribution in [1.29, 1.82) is 0 Å². The summed E-state index contributed by atoms with van der Waals surface area (Å²) in [4.78, 5) is 0.546. The summed E-state index contributed by atoms with van der Waals surface area (Å²) in [5.41, 5.74) is 3.06. The number of rotatable bonds is 12. The number of benzene rings is 4. The highest BCUT2D eigenvalue weighted by Crippen LogP contribution is 2.32. The van der Waals surface area contributed by atoms with E-state index in [9.17, 15) is 4.21 Å². The summed E-state index contributed by atoms with van der Waals surface area (Å²) in [5.74, 6) is 0. The van der Waals surface area contributed by atoms with E-state index in [1.54, 1.807) is 12.1 Å². The van der Waals surface area contributed by atoms with E-state index in [1.807, 2.05) is 116 Å². The highest BCUT2D eigenvalue weighted by atomic mass is 32.2. The SMILES string of the molecule is C[C@@H]1O[C@@H](OS(=O)c2ccccc2)[C@@H](OCc2ccccc2)[C@H](OCc2ccccc2)[C@@H]1OCc1ccccc1. The minimum atomic E-state index is -1.77. The Balaban J connectivity index is 1.41. The van der Waals surface area contributed by atoms with Crippen LogP contribution in [0.2, 0.25) is 0 Å². The third-order valence-electron chi connectivity index (χ3n) is 6.70. The van der Waals surface area contributed by atoms with Gasteiger partial charge in [-0.3, -0.25) is 4.18 Å². The van der Waals surface area contributed by atoms with Gasteiger partial charge in [-0.2, -0.15) is 0 Å². The number of hydrogen-bond donors (Lipinski definition) is 0. The van der Waals surface area contributed by atoms with Gasteiger partial charge in [-0.1, -0.05) is 109 Å². The summed E-state index contributed by atoms with van der Waals surface area (Å²) in [7, 11) is 0. The smallest absolute Gasteiger partial charge is 0.202 e. The summed E-state index contributed by atoms with van der Waals surface area (Å²) >= 11 is -1.77. The fourth-order valence-corrected chi connectivity index (χ4v) is 5.44. The molecule has 1 aliphatic heterocycles. The second kappa shape index (κ2) is 14.5. The van der Waals surface area contributed by atoms with Crippen LogP contribution in [0.4, 0.5) is 0 Å². The van der Waals surface area contributed by atoms with Crippen LogP contribution >= 0.6 is 0 Å². The Morgan fingerprint density at radius 3 is 1.45 bits per heavy atom. The van der Waals surface area contributed by atoms with Gasteiger partial charge in [0, 0.05) is 0 Å². The molecular weight excluding hydrogens is 524 g/mol. The predicted molar refractivity (Wildman–Crippen MR) is 153 cm³/mol. The average molecular weight is 559 g/mol. The molecule has 0 aromatic heterocycles. The van der Waals surface area contributed by atoms with Crippen LogP contribution in [0.15, 0.2) is 126 Å². The number of ether oxygens (including phenoxy) is 4. The minimum absolute atomic E-state index is 0.303. The fraction of sp³-hybridized carbons (Fsp3) is 0.273. The Bertz CT molecular complexity index is 1310. The van der Waals surface area contributed by atoms with Crippen molar-refractivity contribution in [2.45, 2.75) is 62.3 Å². The fourth-order valence-electron chi connectivity index (χ4n) is 4.62. The summed E-state index contributed by atoms with van der Waals surface area (Å²) in [6, 6.07) is 38.9. The second-order valence-corrected chi connectivity index (χ2v) is 10.8. The maximum atomic E-state index is 13.2. The molecule has 0 N–H and O–H groups in total. The molecule has 40 heavy (non-hydrogen) atoms. The molecule has 6 atom stereocenters. The summed E-state index contributed by atoms with van der Waals surface area (Å²) < 4.78 is 45.0. The van der Waals surface area contributed by atoms with Crippen molar-refractivity contribution in [2.24, 2.45) is 0 Å². The molecule has 1 heterocycles. The zero-order valence-corrected chi connectivity index (χ0v) is 23.2. The predicted octanol–water partition coefficient (Wildman–Crippen LogP) is 6.23. The monoisotopic (exact) mass is 558 g/mol. The van der Waals surface area contributed by atoms with Gasteiger partial charge >= 0.3 is 0 Å². The van der Waals surface area contributed by atoms with Crippen molar-refractivity contribution in [3.8, 4) is 0 Å². The first-order valence-electron chi connectivity index (χ1n) is 13.4. The van der Waals surface area contributed by atoms with Gasteiger partial charge in [-0.25, -0.2) is 4.21 Å². The third kappa shape index (κ3) is 7.73. The van der Waals surface area contributed by atoms with Crippen LogP contribution in [-0.4, -0.2) is 34.9 Å². The zero-order valence-electron chi connectivity index (χ0n) is 22.4. The molecule has 4 aromatic rings. The van der Waals surface area contributed by atoms with Crippen LogP contribution in [0, 0.1) is 0 Å². The van der Waals surface area contributed by atoms with Gasteiger partial charge in [0.25, 0.3) is 0 Å². The lowest BCUT2D eigenvalue weighted by atomic mass is 9.98. The van der Waals surface area contributed by atoms with Crippen LogP contribution in [0.1, 0.15) is 23.6 Å². The van der Waals surface area contributed by atoms with Crippen molar-refractivity contribution in [3.05, 3.63) is 138 Å². The molecular formula is C33H34O6S. The van der Waals surface area contributed by atoms with Gasteiger partial charge in [0.2, 0.25) is 6.29 Å². The Labute approximate surface area is 238 Å². The van der Waals surface area contributed by atoms with E-state index in [0.717, 1.165) is 16.7 Å². The molecule has 0 radical (unpaired) electrons. The van der Waals surface area contributed by atoms with Crippen LogP contribution < -0.4 is 0 Å². The molecule has 1 unspecified atom stereocenters. The van der Waals surface area contributed by atoms with Crippen molar-refractivity contribution in [3.63, 3.8) is 0 Å². The molecule has 0 amide bonds. The topological polar surface area (TPSA) is 63.2 Å². The van der Waals surface area contributed by atoms with Gasteiger partial charge in [0.15, 0.2) is 11.1 Å². The minimum Gasteiger partial charge on any atom is -0.368 e. The average Bonchev–Trinajstić information content (AvgIpc) is 3.01. The molecule has 1 saturated heterocycles. The van der Waals surface area contributed by atoms with E-state index in [-0.39, 0.29) is 0 Å². The van der Waals surface area contributed by atoms with Gasteiger partial charge in [-0.05, 0) is 35.7 Å². The molecule has 0 aliphatic carbocycles. The lowest BCUT2D eigenvalue weighted by molar-refractivity contribution is -0.299. The maximum absolute atomic E-state index is 13.2. The molecule has 1 aliphatic rings. The third-order valence-corrected chi connectivity index (χ3v) is 7.72. The molecule has 5 rings (SSSR count). The van der Waals surface area contributed by atoms with E-state index in [2.05, 4.69) is 0 Å². The molecule has 7 heteroatoms. The number of hydrogen-bond acceptors (Lipinski definition) is 6. The molecule has 6 nitrogen and oxygen atoms in total. The van der Waals surface area contributed by atoms with Crippen LogP contribution in [0.5, 0.6) is 0 Å². The lowest BCUT2D eigenvalue weighted by Gasteiger charge is -2.44. The van der Waals surface area contributed by atoms with Crippen molar-refractivity contribution < 1.29 is 27.3 Å². The van der Waals surface area contributed by atoms with Gasteiger partial charge in [0.1, 0.15) is 18.3 Å². The lowest BCUT2D eigenvalue weighted by Crippen LogP contribution is -2.60. The summed E-state index contributed by atoms with van der Waals surface area (Å²) in [5, 5.41) is 0. The van der Waals surface area contributed by atoms with Crippen molar-refractivity contribution >= 4 is 11.1 Å². The van der Waals surface area contributed by atoms with Crippen molar-refractivity contribution in [1.82, 2.24) is 0 Å². The van der Waals surface area contributed by atoms with Crippen LogP contribution in [-0.2, 0) is 54.0 Å². The summed E-state index contributed by atoms with van der Waals surface area (Å²) in [6.07, 6.45) is -3.10. The quantitative estimate of drug-likeness (QED) is 0.206. The first kappa shape index (κ1) is 28.4. The Hall–Kier alpha value is -3.17. The molecule has 0 saturated carbocycles.